The highest BCUT2D eigenvalue weighted by atomic mass is 16.5. The van der Waals surface area contributed by atoms with Gasteiger partial charge in [-0.15, -0.1) is 0 Å². The first-order valence-electron chi connectivity index (χ1n) is 11.6. The average molecular weight is 466 g/mol. The van der Waals surface area contributed by atoms with Gasteiger partial charge in [0.15, 0.2) is 0 Å². The summed E-state index contributed by atoms with van der Waals surface area (Å²) in [7, 11) is 1.72. The van der Waals surface area contributed by atoms with Crippen molar-refractivity contribution < 1.29 is 14.9 Å². The Hall–Kier alpha value is -3.23. The van der Waals surface area contributed by atoms with E-state index in [1.54, 1.807) is 25.7 Å². The summed E-state index contributed by atoms with van der Waals surface area (Å²) < 4.78 is 5.55. The van der Waals surface area contributed by atoms with E-state index in [2.05, 4.69) is 58.5 Å². The topological polar surface area (TPSA) is 112 Å². The third-order valence-electron chi connectivity index (χ3n) is 6.44. The SMILES string of the molecule is COc1ccccc1C(C)[C@H](C)C(C)CNc1cc(-c2ccc(NC(CO)CO)nc2)ncn1. The van der Waals surface area contributed by atoms with Gasteiger partial charge in [-0.3, -0.25) is 0 Å². The normalized spacial score (nSPS) is 13.9. The zero-order chi connectivity index (χ0) is 24.5. The lowest BCUT2D eigenvalue weighted by Crippen LogP contribution is -2.28. The van der Waals surface area contributed by atoms with Gasteiger partial charge in [0.1, 0.15) is 23.7 Å². The molecule has 4 N–H and O–H groups in total. The Kier molecular flexibility index (Phi) is 9.18. The van der Waals surface area contributed by atoms with Gasteiger partial charge in [-0.2, -0.15) is 0 Å². The second kappa shape index (κ2) is 12.3. The smallest absolute Gasteiger partial charge is 0.129 e. The number of aliphatic hydroxyl groups is 2. The standard InChI is InChI=1S/C26H35N5O3/c1-17(18(2)19(3)22-7-5-6-8-24(22)34-4)12-27-26-11-23(29-16-30-26)20-9-10-25(28-13-20)31-21(14-32)15-33/h5-11,13,16-19,21,32-33H,12,14-15H2,1-4H3,(H,28,31)(H,27,29,30)/t17?,18-,19?/m1/s1. The molecule has 2 unspecified atom stereocenters. The molecule has 0 radical (unpaired) electrons. The van der Waals surface area contributed by atoms with E-state index >= 15 is 0 Å². The maximum Gasteiger partial charge on any atom is 0.129 e. The predicted molar refractivity (Wildman–Crippen MR) is 135 cm³/mol. The summed E-state index contributed by atoms with van der Waals surface area (Å²) in [4.78, 5) is 13.1. The van der Waals surface area contributed by atoms with Crippen LogP contribution in [0.3, 0.4) is 0 Å². The number of para-hydroxylation sites is 1. The van der Waals surface area contributed by atoms with Gasteiger partial charge in [-0.1, -0.05) is 39.0 Å². The predicted octanol–water partition coefficient (Wildman–Crippen LogP) is 3.80. The van der Waals surface area contributed by atoms with Crippen molar-refractivity contribution >= 4 is 11.6 Å². The molecule has 3 rings (SSSR count). The first-order chi connectivity index (χ1) is 16.5. The highest BCUT2D eigenvalue weighted by molar-refractivity contribution is 5.62. The van der Waals surface area contributed by atoms with Crippen LogP contribution in [-0.4, -0.2) is 58.1 Å². The van der Waals surface area contributed by atoms with E-state index in [9.17, 15) is 10.2 Å². The van der Waals surface area contributed by atoms with Crippen molar-refractivity contribution in [3.8, 4) is 17.0 Å². The van der Waals surface area contributed by atoms with E-state index in [0.717, 1.165) is 29.4 Å². The summed E-state index contributed by atoms with van der Waals surface area (Å²) in [5.41, 5.74) is 2.84. The zero-order valence-electron chi connectivity index (χ0n) is 20.3. The molecule has 0 saturated heterocycles. The molecule has 8 heteroatoms. The first-order valence-corrected chi connectivity index (χ1v) is 11.6. The van der Waals surface area contributed by atoms with Crippen LogP contribution < -0.4 is 15.4 Å². The van der Waals surface area contributed by atoms with Crippen LogP contribution in [0.4, 0.5) is 11.6 Å². The molecule has 0 spiro atoms. The van der Waals surface area contributed by atoms with Gasteiger partial charge in [0.2, 0.25) is 0 Å². The Morgan fingerprint density at radius 1 is 0.941 bits per heavy atom. The van der Waals surface area contributed by atoms with E-state index in [1.807, 2.05) is 24.3 Å². The van der Waals surface area contributed by atoms with Crippen LogP contribution in [0, 0.1) is 11.8 Å². The van der Waals surface area contributed by atoms with Crippen molar-refractivity contribution in [3.05, 3.63) is 60.6 Å². The van der Waals surface area contributed by atoms with Crippen molar-refractivity contribution in [2.24, 2.45) is 11.8 Å². The molecule has 2 heterocycles. The van der Waals surface area contributed by atoms with Crippen LogP contribution in [0.2, 0.25) is 0 Å². The maximum absolute atomic E-state index is 9.21. The quantitative estimate of drug-likeness (QED) is 0.320. The molecule has 0 aliphatic heterocycles. The molecule has 2 aromatic heterocycles. The van der Waals surface area contributed by atoms with Crippen LogP contribution in [0.25, 0.3) is 11.3 Å². The van der Waals surface area contributed by atoms with Crippen molar-refractivity contribution in [1.82, 2.24) is 15.0 Å². The van der Waals surface area contributed by atoms with Gasteiger partial charge in [-0.25, -0.2) is 15.0 Å². The fraction of sp³-hybridized carbons (Fsp3) is 0.423. The summed E-state index contributed by atoms with van der Waals surface area (Å²) in [6.45, 7) is 7.20. The number of benzene rings is 1. The van der Waals surface area contributed by atoms with E-state index in [0.29, 0.717) is 23.6 Å². The first kappa shape index (κ1) is 25.4. The summed E-state index contributed by atoms with van der Waals surface area (Å²) in [6.07, 6.45) is 3.25. The van der Waals surface area contributed by atoms with Gasteiger partial charge in [0.05, 0.1) is 32.1 Å². The maximum atomic E-state index is 9.21. The number of nitrogens with one attached hydrogen (secondary N) is 2. The number of pyridine rings is 1. The Balaban J connectivity index is 1.62. The van der Waals surface area contributed by atoms with Gasteiger partial charge in [-0.05, 0) is 41.5 Å². The molecule has 0 amide bonds. The molecular weight excluding hydrogens is 430 g/mol. The summed E-state index contributed by atoms with van der Waals surface area (Å²) in [5.74, 6) is 3.45. The monoisotopic (exact) mass is 465 g/mol. The number of ether oxygens (including phenoxy) is 1. The van der Waals surface area contributed by atoms with Crippen LogP contribution in [-0.2, 0) is 0 Å². The highest BCUT2D eigenvalue weighted by Crippen LogP contribution is 2.35. The van der Waals surface area contributed by atoms with E-state index in [-0.39, 0.29) is 13.2 Å². The highest BCUT2D eigenvalue weighted by Gasteiger charge is 2.23. The number of hydrogen-bond acceptors (Lipinski definition) is 8. The number of methoxy groups -OCH3 is 1. The van der Waals surface area contributed by atoms with E-state index < -0.39 is 6.04 Å². The van der Waals surface area contributed by atoms with Gasteiger partial charge in [0.25, 0.3) is 0 Å². The molecule has 0 aliphatic carbocycles. The van der Waals surface area contributed by atoms with E-state index in [1.165, 1.54) is 5.56 Å². The molecule has 0 saturated carbocycles. The third-order valence-corrected chi connectivity index (χ3v) is 6.44. The molecule has 3 atom stereocenters. The van der Waals surface area contributed by atoms with Gasteiger partial charge < -0.3 is 25.6 Å². The Bertz CT molecular complexity index is 1030. The summed E-state index contributed by atoms with van der Waals surface area (Å²) in [6, 6.07) is 13.4. The Morgan fingerprint density at radius 2 is 1.71 bits per heavy atom. The molecule has 1 aromatic carbocycles. The molecule has 8 nitrogen and oxygen atoms in total. The van der Waals surface area contributed by atoms with Crippen molar-refractivity contribution in [2.75, 3.05) is 37.5 Å². The average Bonchev–Trinajstić information content (AvgIpc) is 2.89. The number of aromatic nitrogens is 3. The van der Waals surface area contributed by atoms with Crippen LogP contribution >= 0.6 is 0 Å². The minimum absolute atomic E-state index is 0.171. The molecule has 0 fully saturated rings. The van der Waals surface area contributed by atoms with Crippen LogP contribution in [0.5, 0.6) is 5.75 Å². The zero-order valence-corrected chi connectivity index (χ0v) is 20.3. The summed E-state index contributed by atoms with van der Waals surface area (Å²) >= 11 is 0. The molecule has 3 aromatic rings. The molecule has 0 aliphatic rings. The Morgan fingerprint density at radius 3 is 2.38 bits per heavy atom. The van der Waals surface area contributed by atoms with Crippen molar-refractivity contribution in [2.45, 2.75) is 32.7 Å². The summed E-state index contributed by atoms with van der Waals surface area (Å²) in [5, 5.41) is 24.8. The number of anilines is 2. The lowest BCUT2D eigenvalue weighted by atomic mass is 9.80. The number of nitrogens with zero attached hydrogens (tertiary/aromatic N) is 3. The fourth-order valence-electron chi connectivity index (χ4n) is 3.87. The number of aliphatic hydroxyl groups excluding tert-OH is 2. The number of rotatable bonds is 12. The van der Waals surface area contributed by atoms with Crippen molar-refractivity contribution in [3.63, 3.8) is 0 Å². The van der Waals surface area contributed by atoms with Crippen LogP contribution in [0.15, 0.2) is 55.0 Å². The fourth-order valence-corrected chi connectivity index (χ4v) is 3.87. The minimum atomic E-state index is -0.441. The largest absolute Gasteiger partial charge is 0.496 e. The molecular formula is C26H35N5O3. The second-order valence-electron chi connectivity index (χ2n) is 8.67. The Labute approximate surface area is 201 Å². The molecule has 182 valence electrons. The van der Waals surface area contributed by atoms with Crippen molar-refractivity contribution in [1.29, 1.82) is 0 Å². The van der Waals surface area contributed by atoms with E-state index in [4.69, 9.17) is 4.74 Å². The lowest BCUT2D eigenvalue weighted by molar-refractivity contribution is 0.203. The lowest BCUT2D eigenvalue weighted by Gasteiger charge is -2.28. The van der Waals surface area contributed by atoms with Gasteiger partial charge in [0, 0.05) is 24.4 Å². The number of hydrogen-bond donors (Lipinski definition) is 4. The molecule has 34 heavy (non-hydrogen) atoms. The van der Waals surface area contributed by atoms with Crippen LogP contribution in [0.1, 0.15) is 32.3 Å². The second-order valence-corrected chi connectivity index (χ2v) is 8.67. The minimum Gasteiger partial charge on any atom is -0.496 e. The third kappa shape index (κ3) is 6.42. The van der Waals surface area contributed by atoms with Gasteiger partial charge >= 0.3 is 0 Å². The molecule has 0 bridgehead atoms.